The maximum absolute atomic E-state index is 5.55. The molecule has 3 nitrogen and oxygen atoms in total. The molecule has 3 heteroatoms. The van der Waals surface area contributed by atoms with E-state index in [4.69, 9.17) is 4.74 Å². The molecule has 0 atom stereocenters. The normalized spacial score (nSPS) is 12.0. The first-order valence-corrected chi connectivity index (χ1v) is 5.11. The van der Waals surface area contributed by atoms with Gasteiger partial charge in [0.25, 0.3) is 0 Å². The van der Waals surface area contributed by atoms with E-state index in [0.717, 1.165) is 32.8 Å². The van der Waals surface area contributed by atoms with Crippen LogP contribution in [0.15, 0.2) is 0 Å². The Hall–Kier alpha value is -0.120. The quantitative estimate of drug-likeness (QED) is 0.585. The molecule has 0 fully saturated rings. The van der Waals surface area contributed by atoms with Crippen molar-refractivity contribution < 1.29 is 4.74 Å². The van der Waals surface area contributed by atoms with Gasteiger partial charge in [-0.1, -0.05) is 6.92 Å². The van der Waals surface area contributed by atoms with Gasteiger partial charge in [-0.25, -0.2) is 0 Å². The monoisotopic (exact) mass is 188 g/mol. The minimum absolute atomic E-state index is 0.0106. The van der Waals surface area contributed by atoms with E-state index in [2.05, 4.69) is 38.3 Å². The predicted molar refractivity (Wildman–Crippen MR) is 57.1 cm³/mol. The summed E-state index contributed by atoms with van der Waals surface area (Å²) in [5, 5.41) is 6.56. The van der Waals surface area contributed by atoms with Crippen molar-refractivity contribution in [3.05, 3.63) is 0 Å². The van der Waals surface area contributed by atoms with Crippen LogP contribution in [0.1, 0.15) is 27.7 Å². The minimum atomic E-state index is -0.0106. The molecule has 0 rings (SSSR count). The van der Waals surface area contributed by atoms with Crippen molar-refractivity contribution in [2.45, 2.75) is 33.3 Å². The molecule has 0 aliphatic heterocycles. The lowest BCUT2D eigenvalue weighted by atomic mass is 10.2. The molecular formula is C10H24N2O. The van der Waals surface area contributed by atoms with Crippen LogP contribution in [-0.2, 0) is 4.74 Å². The molecule has 0 unspecified atom stereocenters. The van der Waals surface area contributed by atoms with E-state index in [1.807, 2.05) is 0 Å². The van der Waals surface area contributed by atoms with Gasteiger partial charge in [-0.15, -0.1) is 0 Å². The molecule has 0 saturated heterocycles. The van der Waals surface area contributed by atoms with E-state index in [-0.39, 0.29) is 5.60 Å². The largest absolute Gasteiger partial charge is 0.375 e. The van der Waals surface area contributed by atoms with Crippen molar-refractivity contribution in [1.82, 2.24) is 10.6 Å². The van der Waals surface area contributed by atoms with E-state index in [1.165, 1.54) is 0 Å². The number of hydrogen-bond donors (Lipinski definition) is 2. The maximum atomic E-state index is 5.55. The smallest absolute Gasteiger partial charge is 0.0599 e. The van der Waals surface area contributed by atoms with Crippen LogP contribution in [0.2, 0.25) is 0 Å². The molecule has 0 spiro atoms. The van der Waals surface area contributed by atoms with Gasteiger partial charge >= 0.3 is 0 Å². The van der Waals surface area contributed by atoms with E-state index in [0.29, 0.717) is 0 Å². The lowest BCUT2D eigenvalue weighted by Gasteiger charge is -2.19. The first-order valence-electron chi connectivity index (χ1n) is 5.11. The predicted octanol–water partition coefficient (Wildman–Crippen LogP) is 1.00. The summed E-state index contributed by atoms with van der Waals surface area (Å²) < 4.78 is 5.55. The van der Waals surface area contributed by atoms with Gasteiger partial charge in [-0.2, -0.15) is 0 Å². The zero-order chi connectivity index (χ0) is 10.2. The summed E-state index contributed by atoms with van der Waals surface area (Å²) in [5.74, 6) is 0. The van der Waals surface area contributed by atoms with Crippen LogP contribution in [0, 0.1) is 0 Å². The second-order valence-electron chi connectivity index (χ2n) is 4.06. The Morgan fingerprint density at radius 1 is 1.00 bits per heavy atom. The second-order valence-corrected chi connectivity index (χ2v) is 4.06. The Balaban J connectivity index is 3.00. The average Bonchev–Trinajstić information content (AvgIpc) is 2.01. The fraction of sp³-hybridized carbons (Fsp3) is 1.00. The molecular weight excluding hydrogens is 164 g/mol. The van der Waals surface area contributed by atoms with Gasteiger partial charge in [0.1, 0.15) is 0 Å². The zero-order valence-corrected chi connectivity index (χ0v) is 9.44. The maximum Gasteiger partial charge on any atom is 0.0599 e. The lowest BCUT2D eigenvalue weighted by molar-refractivity contribution is -0.000700. The van der Waals surface area contributed by atoms with Crippen LogP contribution in [-0.4, -0.2) is 38.4 Å². The Morgan fingerprint density at radius 2 is 1.62 bits per heavy atom. The van der Waals surface area contributed by atoms with Gasteiger partial charge in [0.2, 0.25) is 0 Å². The van der Waals surface area contributed by atoms with Crippen LogP contribution < -0.4 is 10.6 Å². The molecule has 0 aromatic carbocycles. The fourth-order valence-electron chi connectivity index (χ4n) is 0.908. The highest BCUT2D eigenvalue weighted by molar-refractivity contribution is 4.59. The standard InChI is InChI=1S/C10H24N2O/c1-5-11-6-7-12-8-9-13-10(2,3)4/h11-12H,5-9H2,1-4H3. The Morgan fingerprint density at radius 3 is 2.15 bits per heavy atom. The van der Waals surface area contributed by atoms with Crippen LogP contribution in [0.5, 0.6) is 0 Å². The molecule has 0 radical (unpaired) electrons. The number of ether oxygens (including phenoxy) is 1. The van der Waals surface area contributed by atoms with E-state index in [1.54, 1.807) is 0 Å². The summed E-state index contributed by atoms with van der Waals surface area (Å²) in [6.45, 7) is 13.2. The third-order valence-electron chi connectivity index (χ3n) is 1.54. The second kappa shape index (κ2) is 7.30. The Labute approximate surface area is 82.2 Å². The van der Waals surface area contributed by atoms with Gasteiger partial charge in [-0.05, 0) is 27.3 Å². The molecule has 0 aromatic heterocycles. The summed E-state index contributed by atoms with van der Waals surface area (Å²) >= 11 is 0. The number of nitrogens with one attached hydrogen (secondary N) is 2. The zero-order valence-electron chi connectivity index (χ0n) is 9.44. The Kier molecular flexibility index (Phi) is 7.23. The van der Waals surface area contributed by atoms with Crippen molar-refractivity contribution in [3.63, 3.8) is 0 Å². The van der Waals surface area contributed by atoms with Gasteiger partial charge in [0.05, 0.1) is 12.2 Å². The number of rotatable bonds is 7. The van der Waals surface area contributed by atoms with E-state index < -0.39 is 0 Å². The summed E-state index contributed by atoms with van der Waals surface area (Å²) in [5.41, 5.74) is -0.0106. The third kappa shape index (κ3) is 11.9. The van der Waals surface area contributed by atoms with Crippen molar-refractivity contribution in [1.29, 1.82) is 0 Å². The van der Waals surface area contributed by atoms with Gasteiger partial charge in [0.15, 0.2) is 0 Å². The average molecular weight is 188 g/mol. The molecule has 13 heavy (non-hydrogen) atoms. The highest BCUT2D eigenvalue weighted by atomic mass is 16.5. The van der Waals surface area contributed by atoms with Crippen LogP contribution in [0.4, 0.5) is 0 Å². The summed E-state index contributed by atoms with van der Waals surface area (Å²) in [4.78, 5) is 0. The summed E-state index contributed by atoms with van der Waals surface area (Å²) in [6, 6.07) is 0. The van der Waals surface area contributed by atoms with Gasteiger partial charge in [0, 0.05) is 19.6 Å². The molecule has 80 valence electrons. The van der Waals surface area contributed by atoms with Crippen molar-refractivity contribution in [3.8, 4) is 0 Å². The lowest BCUT2D eigenvalue weighted by Crippen LogP contribution is -2.31. The summed E-state index contributed by atoms with van der Waals surface area (Å²) in [6.07, 6.45) is 0. The number of likely N-dealkylation sites (N-methyl/N-ethyl adjacent to an activating group) is 1. The molecule has 0 aliphatic rings. The third-order valence-corrected chi connectivity index (χ3v) is 1.54. The highest BCUT2D eigenvalue weighted by Crippen LogP contribution is 2.04. The number of hydrogen-bond acceptors (Lipinski definition) is 3. The summed E-state index contributed by atoms with van der Waals surface area (Å²) in [7, 11) is 0. The van der Waals surface area contributed by atoms with E-state index >= 15 is 0 Å². The fourth-order valence-corrected chi connectivity index (χ4v) is 0.908. The topological polar surface area (TPSA) is 33.3 Å². The van der Waals surface area contributed by atoms with Crippen LogP contribution in [0.3, 0.4) is 0 Å². The molecule has 2 N–H and O–H groups in total. The molecule has 0 saturated carbocycles. The molecule has 0 heterocycles. The molecule has 0 aromatic rings. The first kappa shape index (κ1) is 12.9. The van der Waals surface area contributed by atoms with Gasteiger partial charge in [-0.3, -0.25) is 0 Å². The minimum Gasteiger partial charge on any atom is -0.375 e. The molecule has 0 bridgehead atoms. The first-order chi connectivity index (χ1) is 6.06. The Bertz CT molecular complexity index is 110. The van der Waals surface area contributed by atoms with Crippen molar-refractivity contribution in [2.75, 3.05) is 32.8 Å². The SMILES string of the molecule is CCNCCNCCOC(C)(C)C. The van der Waals surface area contributed by atoms with Crippen molar-refractivity contribution in [2.24, 2.45) is 0 Å². The van der Waals surface area contributed by atoms with Gasteiger partial charge < -0.3 is 15.4 Å². The molecule has 0 aliphatic carbocycles. The van der Waals surface area contributed by atoms with Crippen molar-refractivity contribution >= 4 is 0 Å². The highest BCUT2D eigenvalue weighted by Gasteiger charge is 2.08. The van der Waals surface area contributed by atoms with Crippen LogP contribution >= 0.6 is 0 Å². The molecule has 0 amide bonds. The van der Waals surface area contributed by atoms with E-state index in [9.17, 15) is 0 Å². The van der Waals surface area contributed by atoms with Crippen LogP contribution in [0.25, 0.3) is 0 Å².